The number of aryl methyl sites for hydroxylation is 2. The summed E-state index contributed by atoms with van der Waals surface area (Å²) >= 11 is 0. The molecule has 6 nitrogen and oxygen atoms in total. The van der Waals surface area contributed by atoms with Crippen molar-refractivity contribution in [3.05, 3.63) is 100 Å². The Labute approximate surface area is 187 Å². The van der Waals surface area contributed by atoms with Crippen LogP contribution >= 0.6 is 0 Å². The third-order valence-electron chi connectivity index (χ3n) is 5.24. The molecule has 4 rings (SSSR count). The largest absolute Gasteiger partial charge is 0.251 e. The maximum absolute atomic E-state index is 11.1. The SMILES string of the molecule is Cc1cccc(-c2cccc(CC(CN=O)Cc3cccc(-c4cccc(C)n4)n3)n2)n1. The summed E-state index contributed by atoms with van der Waals surface area (Å²) in [5, 5.41) is 3.18. The number of hydrogen-bond donors (Lipinski definition) is 0. The summed E-state index contributed by atoms with van der Waals surface area (Å²) in [6, 6.07) is 23.6. The lowest BCUT2D eigenvalue weighted by Gasteiger charge is -2.14. The third-order valence-corrected chi connectivity index (χ3v) is 5.24. The Morgan fingerprint density at radius 3 is 1.44 bits per heavy atom. The Hall–Kier alpha value is -3.80. The van der Waals surface area contributed by atoms with E-state index in [1.807, 2.05) is 86.6 Å². The van der Waals surface area contributed by atoms with Gasteiger partial charge in [0.15, 0.2) is 0 Å². The van der Waals surface area contributed by atoms with Gasteiger partial charge in [-0.05, 0) is 81.1 Å². The summed E-state index contributed by atoms with van der Waals surface area (Å²) in [5.41, 5.74) is 7.07. The van der Waals surface area contributed by atoms with Crippen LogP contribution in [0, 0.1) is 24.7 Å². The Balaban J connectivity index is 1.53. The van der Waals surface area contributed by atoms with Gasteiger partial charge in [0.2, 0.25) is 0 Å². The maximum atomic E-state index is 11.1. The molecule has 0 amide bonds. The van der Waals surface area contributed by atoms with Gasteiger partial charge in [-0.15, -0.1) is 0 Å². The van der Waals surface area contributed by atoms with Gasteiger partial charge in [-0.3, -0.25) is 19.9 Å². The molecule has 0 atom stereocenters. The molecule has 4 heterocycles. The molecule has 6 heteroatoms. The molecule has 0 aliphatic carbocycles. The molecule has 0 fully saturated rings. The van der Waals surface area contributed by atoms with Crippen molar-refractivity contribution < 1.29 is 0 Å². The standard InChI is InChI=1S/C26H25N5O/c1-18-7-3-11-23(28-18)25-13-5-9-21(30-25)15-20(17-27-32)16-22-10-6-14-26(31-22)24-12-4-8-19(2)29-24/h3-14,20H,15-17H2,1-2H3. The zero-order chi connectivity index (χ0) is 22.3. The predicted octanol–water partition coefficient (Wildman–Crippen LogP) is 5.39. The average molecular weight is 424 g/mol. The molecule has 0 aliphatic heterocycles. The molecule has 160 valence electrons. The van der Waals surface area contributed by atoms with Crippen LogP contribution in [0.25, 0.3) is 22.8 Å². The van der Waals surface area contributed by atoms with Gasteiger partial charge in [0.05, 0.1) is 29.3 Å². The number of hydrogen-bond acceptors (Lipinski definition) is 6. The van der Waals surface area contributed by atoms with E-state index in [9.17, 15) is 4.91 Å². The molecule has 0 saturated heterocycles. The van der Waals surface area contributed by atoms with E-state index in [-0.39, 0.29) is 12.5 Å². The third kappa shape index (κ3) is 5.46. The number of pyridine rings is 4. The number of aromatic nitrogens is 4. The second-order valence-corrected chi connectivity index (χ2v) is 7.94. The van der Waals surface area contributed by atoms with E-state index in [2.05, 4.69) is 15.1 Å². The van der Waals surface area contributed by atoms with Gasteiger partial charge < -0.3 is 0 Å². The van der Waals surface area contributed by atoms with E-state index < -0.39 is 0 Å². The highest BCUT2D eigenvalue weighted by atomic mass is 16.3. The minimum absolute atomic E-state index is 0.00828. The first kappa shape index (κ1) is 21.4. The van der Waals surface area contributed by atoms with Gasteiger partial charge in [-0.1, -0.05) is 29.4 Å². The Bertz CT molecular complexity index is 1130. The zero-order valence-electron chi connectivity index (χ0n) is 18.3. The van der Waals surface area contributed by atoms with E-state index >= 15 is 0 Å². The van der Waals surface area contributed by atoms with E-state index in [0.717, 1.165) is 45.6 Å². The van der Waals surface area contributed by atoms with E-state index in [1.165, 1.54) is 0 Å². The summed E-state index contributed by atoms with van der Waals surface area (Å²) in [6.07, 6.45) is 1.28. The molecule has 0 aromatic carbocycles. The molecule has 0 spiro atoms. The van der Waals surface area contributed by atoms with Crippen molar-refractivity contribution in [2.75, 3.05) is 6.54 Å². The lowest BCUT2D eigenvalue weighted by atomic mass is 9.96. The van der Waals surface area contributed by atoms with Gasteiger partial charge in [0.25, 0.3) is 0 Å². The van der Waals surface area contributed by atoms with Crippen LogP contribution in [0.5, 0.6) is 0 Å². The Kier molecular flexibility index (Phi) is 6.70. The highest BCUT2D eigenvalue weighted by Crippen LogP contribution is 2.20. The van der Waals surface area contributed by atoms with Gasteiger partial charge in [0.1, 0.15) is 0 Å². The van der Waals surface area contributed by atoms with Crippen molar-refractivity contribution in [3.8, 4) is 22.8 Å². The van der Waals surface area contributed by atoms with E-state index in [4.69, 9.17) is 9.97 Å². The maximum Gasteiger partial charge on any atom is 0.0889 e. The molecule has 0 aliphatic rings. The first-order valence-corrected chi connectivity index (χ1v) is 10.7. The van der Waals surface area contributed by atoms with Gasteiger partial charge in [0, 0.05) is 22.8 Å². The van der Waals surface area contributed by atoms with Crippen molar-refractivity contribution in [2.24, 2.45) is 11.1 Å². The summed E-state index contributed by atoms with van der Waals surface area (Å²) in [6.45, 7) is 4.14. The summed E-state index contributed by atoms with van der Waals surface area (Å²) in [5.74, 6) is 0.00828. The molecule has 4 aromatic rings. The topological polar surface area (TPSA) is 81.0 Å². The smallest absolute Gasteiger partial charge is 0.0889 e. The molecule has 0 bridgehead atoms. The van der Waals surface area contributed by atoms with Crippen molar-refractivity contribution in [3.63, 3.8) is 0 Å². The quantitative estimate of drug-likeness (QED) is 0.355. The molecule has 0 unspecified atom stereocenters. The van der Waals surface area contributed by atoms with Crippen LogP contribution in [0.2, 0.25) is 0 Å². The first-order valence-electron chi connectivity index (χ1n) is 10.7. The van der Waals surface area contributed by atoms with Gasteiger partial charge in [-0.2, -0.15) is 4.91 Å². The van der Waals surface area contributed by atoms with Crippen LogP contribution in [0.1, 0.15) is 22.8 Å². The molecule has 0 radical (unpaired) electrons. The first-order chi connectivity index (χ1) is 15.6. The second-order valence-electron chi connectivity index (χ2n) is 7.94. The monoisotopic (exact) mass is 423 g/mol. The number of nitrogens with zero attached hydrogens (tertiary/aromatic N) is 5. The van der Waals surface area contributed by atoms with Crippen LogP contribution in [0.3, 0.4) is 0 Å². The van der Waals surface area contributed by atoms with Crippen molar-refractivity contribution in [2.45, 2.75) is 26.7 Å². The molecular weight excluding hydrogens is 398 g/mol. The summed E-state index contributed by atoms with van der Waals surface area (Å²) in [4.78, 5) is 29.8. The number of rotatable bonds is 8. The van der Waals surface area contributed by atoms with Crippen LogP contribution in [0.15, 0.2) is 78.0 Å². The molecule has 0 saturated carbocycles. The fourth-order valence-corrected chi connectivity index (χ4v) is 3.74. The normalized spacial score (nSPS) is 11.0. The number of nitroso groups, excluding NO2 is 1. The van der Waals surface area contributed by atoms with Crippen LogP contribution in [-0.2, 0) is 12.8 Å². The molecule has 32 heavy (non-hydrogen) atoms. The lowest BCUT2D eigenvalue weighted by Crippen LogP contribution is -2.14. The Morgan fingerprint density at radius 1 is 0.625 bits per heavy atom. The average Bonchev–Trinajstić information content (AvgIpc) is 2.80. The lowest BCUT2D eigenvalue weighted by molar-refractivity contribution is 0.520. The minimum atomic E-state index is 0.00828. The highest BCUT2D eigenvalue weighted by molar-refractivity contribution is 5.55. The Morgan fingerprint density at radius 2 is 1.03 bits per heavy atom. The predicted molar refractivity (Wildman–Crippen MR) is 126 cm³/mol. The summed E-state index contributed by atoms with van der Waals surface area (Å²) < 4.78 is 0. The van der Waals surface area contributed by atoms with Gasteiger partial charge in [-0.25, -0.2) is 0 Å². The van der Waals surface area contributed by atoms with Crippen molar-refractivity contribution in [1.29, 1.82) is 0 Å². The summed E-state index contributed by atoms with van der Waals surface area (Å²) in [7, 11) is 0. The van der Waals surface area contributed by atoms with Crippen LogP contribution in [0.4, 0.5) is 0 Å². The van der Waals surface area contributed by atoms with Crippen molar-refractivity contribution in [1.82, 2.24) is 19.9 Å². The second kappa shape index (κ2) is 10.0. The van der Waals surface area contributed by atoms with E-state index in [1.54, 1.807) is 0 Å². The van der Waals surface area contributed by atoms with Crippen LogP contribution < -0.4 is 0 Å². The molecule has 0 N–H and O–H groups in total. The molecular formula is C26H25N5O. The highest BCUT2D eigenvalue weighted by Gasteiger charge is 2.15. The van der Waals surface area contributed by atoms with Gasteiger partial charge >= 0.3 is 0 Å². The molecule has 4 aromatic heterocycles. The zero-order valence-corrected chi connectivity index (χ0v) is 18.3. The minimum Gasteiger partial charge on any atom is -0.251 e. The van der Waals surface area contributed by atoms with Crippen molar-refractivity contribution >= 4 is 0 Å². The van der Waals surface area contributed by atoms with E-state index in [0.29, 0.717) is 12.8 Å². The fourth-order valence-electron chi connectivity index (χ4n) is 3.74. The van der Waals surface area contributed by atoms with Crippen LogP contribution in [-0.4, -0.2) is 26.5 Å². The fraction of sp³-hybridized carbons (Fsp3) is 0.231.